The van der Waals surface area contributed by atoms with E-state index in [1.165, 1.54) is 22.9 Å². The van der Waals surface area contributed by atoms with E-state index in [4.69, 9.17) is 9.31 Å². The molecule has 7 atom stereocenters. The molecule has 2 aliphatic heterocycles. The number of benzene rings is 2. The number of rotatable bonds is 9. The predicted octanol–water partition coefficient (Wildman–Crippen LogP) is 6.33. The number of hydrogen-bond donors (Lipinski definition) is 4. The number of urea groups is 1. The Morgan fingerprint density at radius 1 is 1.09 bits per heavy atom. The SMILES string of the molecule is CC[C@H](NC(=O)[C@@H]1C[C@@](C)(NC(=O)Nc2ccc(C)cc2)c2ncc(NCc3cccc(C(F)(F)F)c3)c(=O)n21)B1O[C@@H]2C[C@@H]3C[C@@H](C3(C)C)[C@]2(C)O1. The first-order valence-corrected chi connectivity index (χ1v) is 18.2. The molecule has 3 heterocycles. The fourth-order valence-corrected chi connectivity index (χ4v) is 8.99. The van der Waals surface area contributed by atoms with Crippen LogP contribution in [0.15, 0.2) is 59.5 Å². The number of alkyl halides is 3. The van der Waals surface area contributed by atoms with E-state index in [-0.39, 0.29) is 36.0 Å². The van der Waals surface area contributed by atoms with Gasteiger partial charge in [-0.2, -0.15) is 13.2 Å². The molecular formula is C38H46BF3N6O5. The van der Waals surface area contributed by atoms with Crippen molar-refractivity contribution in [3.63, 3.8) is 0 Å². The number of amides is 3. The molecule has 3 aliphatic carbocycles. The van der Waals surface area contributed by atoms with Crippen molar-refractivity contribution in [2.24, 2.45) is 17.3 Å². The van der Waals surface area contributed by atoms with Gasteiger partial charge in [0.15, 0.2) is 0 Å². The van der Waals surface area contributed by atoms with Crippen LogP contribution in [0.4, 0.5) is 29.3 Å². The lowest BCUT2D eigenvalue weighted by atomic mass is 9.43. The maximum atomic E-state index is 14.3. The molecule has 4 fully saturated rings. The van der Waals surface area contributed by atoms with Crippen molar-refractivity contribution in [2.45, 2.75) is 109 Å². The Balaban J connectivity index is 1.14. The predicted molar refractivity (Wildman–Crippen MR) is 194 cm³/mol. The molecule has 2 aromatic carbocycles. The quantitative estimate of drug-likeness (QED) is 0.189. The van der Waals surface area contributed by atoms with E-state index in [1.807, 2.05) is 26.0 Å². The molecule has 11 nitrogen and oxygen atoms in total. The number of carbonyl (C=O) groups is 2. The van der Waals surface area contributed by atoms with Gasteiger partial charge in [-0.25, -0.2) is 9.78 Å². The molecule has 8 rings (SSSR count). The summed E-state index contributed by atoms with van der Waals surface area (Å²) in [5, 5.41) is 11.7. The summed E-state index contributed by atoms with van der Waals surface area (Å²) in [5.74, 6) is 0.0561. The summed E-state index contributed by atoms with van der Waals surface area (Å²) >= 11 is 0. The lowest BCUT2D eigenvalue weighted by Gasteiger charge is -2.64. The first-order valence-electron chi connectivity index (χ1n) is 18.2. The van der Waals surface area contributed by atoms with Crippen LogP contribution in [0.3, 0.4) is 0 Å². The number of aryl methyl sites for hydroxylation is 1. The fraction of sp³-hybridized carbons (Fsp3) is 0.526. The van der Waals surface area contributed by atoms with Crippen LogP contribution in [-0.2, 0) is 32.4 Å². The van der Waals surface area contributed by atoms with Crippen molar-refractivity contribution in [3.8, 4) is 0 Å². The van der Waals surface area contributed by atoms with Gasteiger partial charge in [0.05, 0.1) is 34.9 Å². The van der Waals surface area contributed by atoms with Crippen LogP contribution in [0.5, 0.6) is 0 Å². The zero-order valence-corrected chi connectivity index (χ0v) is 30.8. The van der Waals surface area contributed by atoms with Crippen LogP contribution in [0, 0.1) is 24.2 Å². The average molecular weight is 735 g/mol. The Morgan fingerprint density at radius 3 is 2.51 bits per heavy atom. The molecule has 53 heavy (non-hydrogen) atoms. The zero-order chi connectivity index (χ0) is 38.1. The topological polar surface area (TPSA) is 136 Å². The van der Waals surface area contributed by atoms with E-state index in [2.05, 4.69) is 47.0 Å². The number of halogens is 3. The maximum Gasteiger partial charge on any atom is 0.481 e. The molecule has 4 N–H and O–H groups in total. The highest BCUT2D eigenvalue weighted by Crippen LogP contribution is 2.65. The summed E-state index contributed by atoms with van der Waals surface area (Å²) in [5.41, 5.74) is -1.13. The van der Waals surface area contributed by atoms with Crippen molar-refractivity contribution >= 4 is 30.4 Å². The number of anilines is 2. The molecule has 1 saturated heterocycles. The first kappa shape index (κ1) is 37.0. The van der Waals surface area contributed by atoms with Crippen molar-refractivity contribution in [3.05, 3.63) is 87.6 Å². The van der Waals surface area contributed by atoms with Gasteiger partial charge in [0.1, 0.15) is 17.6 Å². The second kappa shape index (κ2) is 13.2. The van der Waals surface area contributed by atoms with Gasteiger partial charge in [0, 0.05) is 18.7 Å². The van der Waals surface area contributed by atoms with Crippen LogP contribution in [0.25, 0.3) is 0 Å². The molecule has 15 heteroatoms. The van der Waals surface area contributed by atoms with Gasteiger partial charge in [0.25, 0.3) is 5.56 Å². The van der Waals surface area contributed by atoms with E-state index < -0.39 is 59.5 Å². The number of nitrogens with one attached hydrogen (secondary N) is 4. The van der Waals surface area contributed by atoms with Gasteiger partial charge in [-0.15, -0.1) is 0 Å². The molecule has 3 amide bonds. The number of fused-ring (bicyclic) bond motifs is 1. The zero-order valence-electron chi connectivity index (χ0n) is 30.8. The van der Waals surface area contributed by atoms with E-state index in [9.17, 15) is 27.6 Å². The molecule has 2 bridgehead atoms. The number of nitrogens with zero attached hydrogens (tertiary/aromatic N) is 2. The molecule has 3 aromatic rings. The van der Waals surface area contributed by atoms with Gasteiger partial charge in [-0.05, 0) is 87.1 Å². The minimum Gasteiger partial charge on any atom is -0.404 e. The molecule has 3 saturated carbocycles. The van der Waals surface area contributed by atoms with Gasteiger partial charge in [0.2, 0.25) is 5.91 Å². The minimum absolute atomic E-state index is 0.000567. The van der Waals surface area contributed by atoms with Crippen molar-refractivity contribution < 1.29 is 32.1 Å². The molecule has 5 aliphatic rings. The van der Waals surface area contributed by atoms with Gasteiger partial charge < -0.3 is 30.6 Å². The summed E-state index contributed by atoms with van der Waals surface area (Å²) in [6.07, 6.45) is -0.851. The van der Waals surface area contributed by atoms with Gasteiger partial charge >= 0.3 is 19.3 Å². The largest absolute Gasteiger partial charge is 0.481 e. The Bertz CT molecular complexity index is 1970. The third kappa shape index (κ3) is 6.60. The number of hydrogen-bond acceptors (Lipinski definition) is 7. The second-order valence-electron chi connectivity index (χ2n) is 16.1. The normalized spacial score (nSPS) is 28.7. The Labute approximate surface area is 307 Å². The highest BCUT2D eigenvalue weighted by atomic mass is 19.4. The highest BCUT2D eigenvalue weighted by Gasteiger charge is 2.68. The highest BCUT2D eigenvalue weighted by molar-refractivity contribution is 6.47. The lowest BCUT2D eigenvalue weighted by Crippen LogP contribution is -2.65. The minimum atomic E-state index is -4.52. The summed E-state index contributed by atoms with van der Waals surface area (Å²) in [6, 6.07) is 10.4. The summed E-state index contributed by atoms with van der Waals surface area (Å²) in [6.45, 7) is 12.1. The molecule has 0 unspecified atom stereocenters. The monoisotopic (exact) mass is 734 g/mol. The van der Waals surface area contributed by atoms with Crippen LogP contribution in [0.2, 0.25) is 0 Å². The average Bonchev–Trinajstić information content (AvgIpc) is 3.61. The third-order valence-electron chi connectivity index (χ3n) is 12.2. The fourth-order valence-electron chi connectivity index (χ4n) is 8.99. The van der Waals surface area contributed by atoms with Crippen molar-refractivity contribution in [2.75, 3.05) is 10.6 Å². The maximum absolute atomic E-state index is 14.3. The van der Waals surface area contributed by atoms with E-state index in [1.54, 1.807) is 19.1 Å². The van der Waals surface area contributed by atoms with Crippen LogP contribution >= 0.6 is 0 Å². The van der Waals surface area contributed by atoms with Gasteiger partial charge in [-0.3, -0.25) is 14.2 Å². The van der Waals surface area contributed by atoms with E-state index in [0.29, 0.717) is 29.5 Å². The van der Waals surface area contributed by atoms with Crippen LogP contribution in [0.1, 0.15) is 88.9 Å². The molecular weight excluding hydrogens is 688 g/mol. The molecule has 282 valence electrons. The summed E-state index contributed by atoms with van der Waals surface area (Å²) < 4.78 is 54.5. The van der Waals surface area contributed by atoms with Crippen LogP contribution < -0.4 is 26.8 Å². The summed E-state index contributed by atoms with van der Waals surface area (Å²) in [7, 11) is -0.685. The first-order chi connectivity index (χ1) is 24.9. The number of carbonyl (C=O) groups excluding carboxylic acids is 2. The Morgan fingerprint density at radius 2 is 1.83 bits per heavy atom. The molecule has 0 spiro atoms. The van der Waals surface area contributed by atoms with E-state index >= 15 is 0 Å². The Hall–Kier alpha value is -4.37. The Kier molecular flexibility index (Phi) is 9.20. The van der Waals surface area contributed by atoms with E-state index in [0.717, 1.165) is 30.5 Å². The smallest absolute Gasteiger partial charge is 0.404 e. The standard InChI is InChI=1S/C38H46BF3N6O5/c1-7-30(39-52-29-17-24-16-28(35(24,3)4)37(29,6)53-39)46-31(49)27-18-36(5,47-34(51)45-25-13-11-21(2)12-14-25)33-44-20-26(32(50)48(27)33)43-19-22-9-8-10-23(15-22)38(40,41)42/h8-15,20,24,27-30,43H,7,16-19H2,1-6H3,(H,46,49)(H2,45,47,51)/t24-,27-,28-,29+,30-,36+,37-/m0/s1. The molecule has 0 radical (unpaired) electrons. The summed E-state index contributed by atoms with van der Waals surface area (Å²) in [4.78, 5) is 46.4. The lowest BCUT2D eigenvalue weighted by molar-refractivity contribution is -0.199. The van der Waals surface area contributed by atoms with Crippen molar-refractivity contribution in [1.29, 1.82) is 0 Å². The van der Waals surface area contributed by atoms with Gasteiger partial charge in [-0.1, -0.05) is 50.6 Å². The van der Waals surface area contributed by atoms with Crippen molar-refractivity contribution in [1.82, 2.24) is 20.2 Å². The number of aromatic nitrogens is 2. The molecule has 1 aromatic heterocycles. The second-order valence-corrected chi connectivity index (χ2v) is 16.1. The third-order valence-corrected chi connectivity index (χ3v) is 12.2. The van der Waals surface area contributed by atoms with Crippen LogP contribution in [-0.4, -0.2) is 46.3 Å².